The van der Waals surface area contributed by atoms with Crippen molar-refractivity contribution in [3.8, 4) is 17.0 Å². The number of nitrogens with one attached hydrogen (secondary N) is 2. The van der Waals surface area contributed by atoms with Crippen LogP contribution in [0.4, 0.5) is 10.1 Å². The van der Waals surface area contributed by atoms with Gasteiger partial charge in [0.25, 0.3) is 0 Å². The summed E-state index contributed by atoms with van der Waals surface area (Å²) in [5.41, 5.74) is 3.52. The number of benzene rings is 3. The molecule has 170 valence electrons. The van der Waals surface area contributed by atoms with E-state index in [1.54, 1.807) is 6.07 Å². The summed E-state index contributed by atoms with van der Waals surface area (Å²) in [6.45, 7) is 0. The second kappa shape index (κ2) is 9.05. The number of aromatic nitrogens is 1. The second-order valence-electron chi connectivity index (χ2n) is 7.49. The Morgan fingerprint density at radius 3 is 2.55 bits per heavy atom. The lowest BCUT2D eigenvalue weighted by atomic mass is 10.0. The standard InChI is InChI=1S/C24H22FN3O4S/c1-32-22-11-8-17(33(26,30)31)14-21(22)27-23(29)12-9-18-19-13-16(25)7-10-20(19)28-24(18)15-5-3-2-4-6-15/h2-8,10-11,13-14,28H,9,12H2,1H3,(H,27,29)(H2,26,30,31). The van der Waals surface area contributed by atoms with Crippen molar-refractivity contribution in [2.45, 2.75) is 17.7 Å². The molecule has 0 saturated heterocycles. The number of H-pyrrole nitrogens is 1. The Labute approximate surface area is 190 Å². The van der Waals surface area contributed by atoms with Crippen molar-refractivity contribution in [2.75, 3.05) is 12.4 Å². The summed E-state index contributed by atoms with van der Waals surface area (Å²) in [6.07, 6.45) is 0.406. The molecule has 0 atom stereocenters. The maximum Gasteiger partial charge on any atom is 0.238 e. The summed E-state index contributed by atoms with van der Waals surface area (Å²) >= 11 is 0. The summed E-state index contributed by atoms with van der Waals surface area (Å²) in [6, 6.07) is 18.1. The number of hydrogen-bond acceptors (Lipinski definition) is 4. The number of rotatable bonds is 7. The first-order valence-electron chi connectivity index (χ1n) is 10.1. The van der Waals surface area contributed by atoms with Crippen molar-refractivity contribution in [2.24, 2.45) is 5.14 Å². The summed E-state index contributed by atoms with van der Waals surface area (Å²) in [5, 5.41) is 8.58. The Bertz CT molecular complexity index is 1430. The van der Waals surface area contributed by atoms with Crippen molar-refractivity contribution < 1.29 is 22.3 Å². The quantitative estimate of drug-likeness (QED) is 0.378. The summed E-state index contributed by atoms with van der Waals surface area (Å²) in [4.78, 5) is 15.9. The van der Waals surface area contributed by atoms with E-state index in [1.165, 1.54) is 37.4 Å². The second-order valence-corrected chi connectivity index (χ2v) is 9.05. The van der Waals surface area contributed by atoms with Crippen molar-refractivity contribution in [3.63, 3.8) is 0 Å². The predicted octanol–water partition coefficient (Wildman–Crippen LogP) is 4.20. The predicted molar refractivity (Wildman–Crippen MR) is 125 cm³/mol. The van der Waals surface area contributed by atoms with E-state index in [1.807, 2.05) is 30.3 Å². The molecule has 0 aliphatic heterocycles. The number of halogens is 1. The van der Waals surface area contributed by atoms with Crippen LogP contribution < -0.4 is 15.2 Å². The van der Waals surface area contributed by atoms with Gasteiger partial charge in [0.05, 0.1) is 17.7 Å². The van der Waals surface area contributed by atoms with Crippen LogP contribution in [0.1, 0.15) is 12.0 Å². The highest BCUT2D eigenvalue weighted by Gasteiger charge is 2.17. The molecular weight excluding hydrogens is 445 g/mol. The molecule has 9 heteroatoms. The number of hydrogen-bond donors (Lipinski definition) is 3. The molecule has 1 aromatic heterocycles. The number of methoxy groups -OCH3 is 1. The van der Waals surface area contributed by atoms with Crippen LogP contribution in [0, 0.1) is 5.82 Å². The zero-order valence-electron chi connectivity index (χ0n) is 17.8. The van der Waals surface area contributed by atoms with Crippen molar-refractivity contribution in [3.05, 3.63) is 78.1 Å². The number of amides is 1. The molecule has 3 aromatic carbocycles. The number of anilines is 1. The van der Waals surface area contributed by atoms with Crippen LogP contribution in [0.3, 0.4) is 0 Å². The van der Waals surface area contributed by atoms with Gasteiger partial charge in [0.2, 0.25) is 15.9 Å². The molecule has 0 saturated carbocycles. The number of primary sulfonamides is 1. The average molecular weight is 468 g/mol. The molecule has 1 amide bonds. The van der Waals surface area contributed by atoms with Gasteiger partial charge >= 0.3 is 0 Å². The number of ether oxygens (including phenoxy) is 1. The highest BCUT2D eigenvalue weighted by molar-refractivity contribution is 7.89. The fourth-order valence-electron chi connectivity index (χ4n) is 3.74. The molecular formula is C24H22FN3O4S. The maximum atomic E-state index is 14.0. The number of nitrogens with two attached hydrogens (primary N) is 1. The molecule has 0 aliphatic carbocycles. The number of carbonyl (C=O) groups excluding carboxylic acids is 1. The fraction of sp³-hybridized carbons (Fsp3) is 0.125. The minimum atomic E-state index is -3.95. The lowest BCUT2D eigenvalue weighted by Crippen LogP contribution is -2.16. The Hall–Kier alpha value is -3.69. The van der Waals surface area contributed by atoms with Crippen LogP contribution in [0.5, 0.6) is 5.75 Å². The number of aryl methyl sites for hydroxylation is 1. The van der Waals surface area contributed by atoms with E-state index in [0.717, 1.165) is 22.3 Å². The molecule has 4 rings (SSSR count). The van der Waals surface area contributed by atoms with Gasteiger partial charge in [-0.1, -0.05) is 30.3 Å². The monoisotopic (exact) mass is 467 g/mol. The third-order valence-corrected chi connectivity index (χ3v) is 6.22. The van der Waals surface area contributed by atoms with Gasteiger partial charge in [-0.25, -0.2) is 17.9 Å². The molecule has 0 aliphatic rings. The first-order valence-corrected chi connectivity index (χ1v) is 11.7. The Kier molecular flexibility index (Phi) is 6.17. The highest BCUT2D eigenvalue weighted by atomic mass is 32.2. The van der Waals surface area contributed by atoms with Gasteiger partial charge in [0.1, 0.15) is 11.6 Å². The number of sulfonamides is 1. The van der Waals surface area contributed by atoms with Gasteiger partial charge in [-0.05, 0) is 53.9 Å². The van der Waals surface area contributed by atoms with Crippen LogP contribution in [0.15, 0.2) is 71.6 Å². The van der Waals surface area contributed by atoms with E-state index in [2.05, 4.69) is 10.3 Å². The van der Waals surface area contributed by atoms with Crippen LogP contribution in [-0.4, -0.2) is 26.4 Å². The largest absolute Gasteiger partial charge is 0.495 e. The topological polar surface area (TPSA) is 114 Å². The van der Waals surface area contributed by atoms with Crippen molar-refractivity contribution in [1.29, 1.82) is 0 Å². The number of aromatic amines is 1. The smallest absolute Gasteiger partial charge is 0.238 e. The van der Waals surface area contributed by atoms with E-state index in [0.29, 0.717) is 17.6 Å². The van der Waals surface area contributed by atoms with Crippen LogP contribution in [0.2, 0.25) is 0 Å². The van der Waals surface area contributed by atoms with Crippen LogP contribution >= 0.6 is 0 Å². The average Bonchev–Trinajstić information content (AvgIpc) is 3.15. The summed E-state index contributed by atoms with van der Waals surface area (Å²) in [5.74, 6) is -0.420. The molecule has 1 heterocycles. The molecule has 33 heavy (non-hydrogen) atoms. The number of carbonyl (C=O) groups is 1. The zero-order valence-corrected chi connectivity index (χ0v) is 18.6. The van der Waals surface area contributed by atoms with E-state index in [4.69, 9.17) is 9.88 Å². The fourth-order valence-corrected chi connectivity index (χ4v) is 4.28. The van der Waals surface area contributed by atoms with E-state index in [-0.39, 0.29) is 28.7 Å². The minimum absolute atomic E-state index is 0.0755. The molecule has 4 aromatic rings. The van der Waals surface area contributed by atoms with Gasteiger partial charge in [0, 0.05) is 23.0 Å². The summed E-state index contributed by atoms with van der Waals surface area (Å²) < 4.78 is 42.5. The van der Waals surface area contributed by atoms with E-state index >= 15 is 0 Å². The summed E-state index contributed by atoms with van der Waals surface area (Å²) in [7, 11) is -2.53. The molecule has 0 spiro atoms. The minimum Gasteiger partial charge on any atom is -0.495 e. The van der Waals surface area contributed by atoms with E-state index < -0.39 is 10.0 Å². The highest BCUT2D eigenvalue weighted by Crippen LogP contribution is 2.32. The normalized spacial score (nSPS) is 11.5. The Balaban J connectivity index is 1.62. The first-order chi connectivity index (χ1) is 15.8. The van der Waals surface area contributed by atoms with Gasteiger partial charge in [-0.2, -0.15) is 0 Å². The van der Waals surface area contributed by atoms with Crippen LogP contribution in [0.25, 0.3) is 22.2 Å². The van der Waals surface area contributed by atoms with Gasteiger partial charge in [-0.15, -0.1) is 0 Å². The van der Waals surface area contributed by atoms with Gasteiger partial charge in [-0.3, -0.25) is 4.79 Å². The van der Waals surface area contributed by atoms with Gasteiger partial charge < -0.3 is 15.0 Å². The molecule has 0 unspecified atom stereocenters. The molecule has 0 radical (unpaired) electrons. The molecule has 0 fully saturated rings. The van der Waals surface area contributed by atoms with Gasteiger partial charge in [0.15, 0.2) is 0 Å². The third-order valence-electron chi connectivity index (χ3n) is 5.31. The SMILES string of the molecule is COc1ccc(S(N)(=O)=O)cc1NC(=O)CCc1c(-c2ccccc2)[nH]c2ccc(F)cc12. The van der Waals surface area contributed by atoms with E-state index in [9.17, 15) is 17.6 Å². The molecule has 7 nitrogen and oxygen atoms in total. The van der Waals surface area contributed by atoms with Crippen molar-refractivity contribution in [1.82, 2.24) is 4.98 Å². The first kappa shape index (κ1) is 22.5. The third kappa shape index (κ3) is 4.89. The molecule has 0 bridgehead atoms. The van der Waals surface area contributed by atoms with Crippen LogP contribution in [-0.2, 0) is 21.2 Å². The zero-order chi connectivity index (χ0) is 23.6. The number of fused-ring (bicyclic) bond motifs is 1. The lowest BCUT2D eigenvalue weighted by Gasteiger charge is -2.12. The Morgan fingerprint density at radius 2 is 1.85 bits per heavy atom. The maximum absolute atomic E-state index is 14.0. The lowest BCUT2D eigenvalue weighted by molar-refractivity contribution is -0.116. The Morgan fingerprint density at radius 1 is 1.09 bits per heavy atom. The van der Waals surface area contributed by atoms with Crippen molar-refractivity contribution >= 4 is 32.5 Å². The molecule has 4 N–H and O–H groups in total.